The molecule has 1 saturated heterocycles. The Morgan fingerprint density at radius 3 is 2.57 bits per heavy atom. The molecule has 0 spiro atoms. The molecule has 0 amide bonds. The fourth-order valence-electron chi connectivity index (χ4n) is 1.78. The lowest BCUT2D eigenvalue weighted by Crippen LogP contribution is -2.24. The van der Waals surface area contributed by atoms with Crippen molar-refractivity contribution >= 4 is 5.97 Å². The standard InChI is InChI=1S/C11H18O3/c1-4-13-11(12)7-10-5-8(2)14-9(3)6-10/h7-9H,4-6H2,1-3H3/b10-7-/t8-,9+/m1/s1. The first-order valence-corrected chi connectivity index (χ1v) is 5.13. The zero-order valence-electron chi connectivity index (χ0n) is 9.08. The smallest absolute Gasteiger partial charge is 0.330 e. The maximum atomic E-state index is 11.2. The molecule has 80 valence electrons. The van der Waals surface area contributed by atoms with E-state index in [0.29, 0.717) is 6.61 Å². The highest BCUT2D eigenvalue weighted by atomic mass is 16.5. The third-order valence-corrected chi connectivity index (χ3v) is 2.17. The van der Waals surface area contributed by atoms with Crippen LogP contribution in [0, 0.1) is 0 Å². The molecule has 3 heteroatoms. The molecule has 0 aliphatic carbocycles. The van der Waals surface area contributed by atoms with E-state index in [2.05, 4.69) is 0 Å². The van der Waals surface area contributed by atoms with Crippen LogP contribution >= 0.6 is 0 Å². The summed E-state index contributed by atoms with van der Waals surface area (Å²) in [7, 11) is 0. The van der Waals surface area contributed by atoms with Crippen LogP contribution in [0.1, 0.15) is 33.6 Å². The SMILES string of the molecule is CCOC(=O)/C=C1/C[C@@H](C)O[C@@H](C)C1. The van der Waals surface area contributed by atoms with E-state index in [1.807, 2.05) is 20.8 Å². The molecular formula is C11H18O3. The summed E-state index contributed by atoms with van der Waals surface area (Å²) < 4.78 is 10.4. The highest BCUT2D eigenvalue weighted by Crippen LogP contribution is 2.23. The summed E-state index contributed by atoms with van der Waals surface area (Å²) in [6.07, 6.45) is 3.70. The Hall–Kier alpha value is -0.830. The van der Waals surface area contributed by atoms with Gasteiger partial charge in [-0.1, -0.05) is 5.57 Å². The molecule has 0 bridgehead atoms. The Labute approximate surface area is 85.1 Å². The molecule has 2 atom stereocenters. The molecule has 0 aromatic rings. The summed E-state index contributed by atoms with van der Waals surface area (Å²) in [5, 5.41) is 0. The van der Waals surface area contributed by atoms with Crippen molar-refractivity contribution in [1.29, 1.82) is 0 Å². The number of hydrogen-bond acceptors (Lipinski definition) is 3. The minimum Gasteiger partial charge on any atom is -0.463 e. The molecule has 0 saturated carbocycles. The normalized spacial score (nSPS) is 30.4. The van der Waals surface area contributed by atoms with Crippen molar-refractivity contribution in [1.82, 2.24) is 0 Å². The Bertz CT molecular complexity index is 221. The first-order chi connectivity index (χ1) is 6.61. The molecule has 1 aliphatic heterocycles. The van der Waals surface area contributed by atoms with Gasteiger partial charge in [0.25, 0.3) is 0 Å². The summed E-state index contributed by atoms with van der Waals surface area (Å²) in [6.45, 7) is 6.29. The van der Waals surface area contributed by atoms with Gasteiger partial charge in [-0.05, 0) is 33.6 Å². The van der Waals surface area contributed by atoms with Crippen LogP contribution in [0.2, 0.25) is 0 Å². The summed E-state index contributed by atoms with van der Waals surface area (Å²) in [4.78, 5) is 11.2. The largest absolute Gasteiger partial charge is 0.463 e. The molecule has 0 N–H and O–H groups in total. The van der Waals surface area contributed by atoms with E-state index < -0.39 is 0 Å². The quantitative estimate of drug-likeness (QED) is 0.503. The molecule has 14 heavy (non-hydrogen) atoms. The van der Waals surface area contributed by atoms with Gasteiger partial charge < -0.3 is 9.47 Å². The third kappa shape index (κ3) is 3.50. The minimum atomic E-state index is -0.233. The maximum Gasteiger partial charge on any atom is 0.330 e. The number of hydrogen-bond donors (Lipinski definition) is 0. The highest BCUT2D eigenvalue weighted by Gasteiger charge is 2.19. The van der Waals surface area contributed by atoms with E-state index in [0.717, 1.165) is 18.4 Å². The van der Waals surface area contributed by atoms with E-state index in [9.17, 15) is 4.79 Å². The Morgan fingerprint density at radius 1 is 1.50 bits per heavy atom. The Morgan fingerprint density at radius 2 is 2.07 bits per heavy atom. The summed E-state index contributed by atoms with van der Waals surface area (Å²) in [5.41, 5.74) is 1.13. The van der Waals surface area contributed by atoms with Gasteiger partial charge in [0.1, 0.15) is 0 Å². The number of rotatable bonds is 2. The predicted molar refractivity (Wildman–Crippen MR) is 54.0 cm³/mol. The Kier molecular flexibility index (Phi) is 4.14. The molecule has 0 aromatic heterocycles. The molecule has 1 rings (SSSR count). The van der Waals surface area contributed by atoms with Gasteiger partial charge in [0.05, 0.1) is 18.8 Å². The first-order valence-electron chi connectivity index (χ1n) is 5.13. The van der Waals surface area contributed by atoms with Gasteiger partial charge in [-0.15, -0.1) is 0 Å². The van der Waals surface area contributed by atoms with Crippen LogP contribution in [0.4, 0.5) is 0 Å². The third-order valence-electron chi connectivity index (χ3n) is 2.17. The molecule has 1 aliphatic rings. The van der Waals surface area contributed by atoms with Crippen LogP contribution in [0.3, 0.4) is 0 Å². The van der Waals surface area contributed by atoms with Crippen LogP contribution < -0.4 is 0 Å². The fraction of sp³-hybridized carbons (Fsp3) is 0.727. The lowest BCUT2D eigenvalue weighted by Gasteiger charge is -2.27. The van der Waals surface area contributed by atoms with Gasteiger partial charge >= 0.3 is 5.97 Å². The van der Waals surface area contributed by atoms with E-state index in [-0.39, 0.29) is 18.2 Å². The van der Waals surface area contributed by atoms with E-state index in [4.69, 9.17) is 9.47 Å². The van der Waals surface area contributed by atoms with Gasteiger partial charge in [-0.25, -0.2) is 4.79 Å². The number of ether oxygens (including phenoxy) is 2. The molecule has 0 radical (unpaired) electrons. The summed E-state index contributed by atoms with van der Waals surface area (Å²) >= 11 is 0. The van der Waals surface area contributed by atoms with Gasteiger partial charge in [-0.3, -0.25) is 0 Å². The van der Waals surface area contributed by atoms with Crippen molar-refractivity contribution in [2.24, 2.45) is 0 Å². The second-order valence-electron chi connectivity index (χ2n) is 3.72. The topological polar surface area (TPSA) is 35.5 Å². The molecule has 3 nitrogen and oxygen atoms in total. The molecule has 0 aromatic carbocycles. The highest BCUT2D eigenvalue weighted by molar-refractivity contribution is 5.82. The second kappa shape index (κ2) is 5.15. The van der Waals surface area contributed by atoms with E-state index >= 15 is 0 Å². The number of esters is 1. The van der Waals surface area contributed by atoms with Gasteiger partial charge in [0, 0.05) is 6.08 Å². The van der Waals surface area contributed by atoms with Gasteiger partial charge in [-0.2, -0.15) is 0 Å². The summed E-state index contributed by atoms with van der Waals surface area (Å²) in [5.74, 6) is -0.233. The van der Waals surface area contributed by atoms with Crippen LogP contribution in [0.5, 0.6) is 0 Å². The van der Waals surface area contributed by atoms with Crippen molar-refractivity contribution in [2.75, 3.05) is 6.61 Å². The van der Waals surface area contributed by atoms with Crippen molar-refractivity contribution < 1.29 is 14.3 Å². The van der Waals surface area contributed by atoms with Crippen LogP contribution in [-0.4, -0.2) is 24.8 Å². The van der Waals surface area contributed by atoms with Crippen LogP contribution in [-0.2, 0) is 14.3 Å². The number of carbonyl (C=O) groups is 1. The average Bonchev–Trinajstić information content (AvgIpc) is 2.01. The van der Waals surface area contributed by atoms with Crippen LogP contribution in [0.15, 0.2) is 11.6 Å². The maximum absolute atomic E-state index is 11.2. The summed E-state index contributed by atoms with van der Waals surface area (Å²) in [6, 6.07) is 0. The molecular weight excluding hydrogens is 180 g/mol. The Balaban J connectivity index is 2.53. The lowest BCUT2D eigenvalue weighted by molar-refractivity contribution is -0.137. The lowest BCUT2D eigenvalue weighted by atomic mass is 9.99. The predicted octanol–water partition coefficient (Wildman–Crippen LogP) is 2.06. The monoisotopic (exact) mass is 198 g/mol. The van der Waals surface area contributed by atoms with Crippen molar-refractivity contribution in [3.63, 3.8) is 0 Å². The minimum absolute atomic E-state index is 0.208. The first kappa shape index (κ1) is 11.2. The fourth-order valence-corrected chi connectivity index (χ4v) is 1.78. The zero-order chi connectivity index (χ0) is 10.6. The van der Waals surface area contributed by atoms with Gasteiger partial charge in [0.15, 0.2) is 0 Å². The second-order valence-corrected chi connectivity index (χ2v) is 3.72. The number of carbonyl (C=O) groups excluding carboxylic acids is 1. The van der Waals surface area contributed by atoms with E-state index in [1.54, 1.807) is 6.08 Å². The van der Waals surface area contributed by atoms with E-state index in [1.165, 1.54) is 0 Å². The zero-order valence-corrected chi connectivity index (χ0v) is 9.08. The molecule has 1 heterocycles. The average molecular weight is 198 g/mol. The van der Waals surface area contributed by atoms with Crippen molar-refractivity contribution in [2.45, 2.75) is 45.8 Å². The van der Waals surface area contributed by atoms with Crippen molar-refractivity contribution in [3.05, 3.63) is 11.6 Å². The van der Waals surface area contributed by atoms with Crippen LogP contribution in [0.25, 0.3) is 0 Å². The molecule has 1 fully saturated rings. The molecule has 0 unspecified atom stereocenters. The van der Waals surface area contributed by atoms with Gasteiger partial charge in [0.2, 0.25) is 0 Å². The van der Waals surface area contributed by atoms with Crippen molar-refractivity contribution in [3.8, 4) is 0 Å².